The average Bonchev–Trinajstić information content (AvgIpc) is 2.77. The van der Waals surface area contributed by atoms with E-state index in [2.05, 4.69) is 0 Å². The Morgan fingerprint density at radius 1 is 1.23 bits per heavy atom. The molecule has 1 unspecified atom stereocenters. The zero-order valence-electron chi connectivity index (χ0n) is 15.5. The summed E-state index contributed by atoms with van der Waals surface area (Å²) in [4.78, 5) is 11.2. The molecule has 0 radical (unpaired) electrons. The summed E-state index contributed by atoms with van der Waals surface area (Å²) in [5.74, 6) is 0.401. The summed E-state index contributed by atoms with van der Waals surface area (Å²) in [7, 11) is 0. The highest BCUT2D eigenvalue weighted by atomic mass is 19.1. The van der Waals surface area contributed by atoms with Crippen molar-refractivity contribution in [3.63, 3.8) is 0 Å². The van der Waals surface area contributed by atoms with Crippen LogP contribution in [0.1, 0.15) is 44.9 Å². The number of halogens is 1. The highest BCUT2D eigenvalue weighted by molar-refractivity contribution is 5.68. The van der Waals surface area contributed by atoms with Crippen molar-refractivity contribution in [2.75, 3.05) is 0 Å². The molecule has 0 bridgehead atoms. The molecular formula is C21H24FNO3. The predicted molar refractivity (Wildman–Crippen MR) is 98.5 cm³/mol. The Bertz CT molecular complexity index is 828. The van der Waals surface area contributed by atoms with Gasteiger partial charge in [0.25, 0.3) is 0 Å². The molecule has 0 saturated heterocycles. The second-order valence-electron chi connectivity index (χ2n) is 7.70. The predicted octanol–water partition coefficient (Wildman–Crippen LogP) is 5.00. The Kier molecular flexibility index (Phi) is 4.65. The maximum absolute atomic E-state index is 14.8. The molecule has 1 aliphatic rings. The van der Waals surface area contributed by atoms with E-state index >= 15 is 0 Å². The van der Waals surface area contributed by atoms with Gasteiger partial charge < -0.3 is 15.2 Å². The molecule has 2 N–H and O–H groups in total. The molecule has 1 amide bonds. The fourth-order valence-electron chi connectivity index (χ4n) is 3.58. The van der Waals surface area contributed by atoms with Gasteiger partial charge >= 0.3 is 6.09 Å². The van der Waals surface area contributed by atoms with Crippen LogP contribution in [0.25, 0.3) is 11.1 Å². The van der Waals surface area contributed by atoms with E-state index in [0.29, 0.717) is 17.5 Å². The fourth-order valence-corrected chi connectivity index (χ4v) is 3.58. The van der Waals surface area contributed by atoms with E-state index in [9.17, 15) is 9.18 Å². The molecule has 0 fully saturated rings. The van der Waals surface area contributed by atoms with Gasteiger partial charge in [0.15, 0.2) is 0 Å². The molecule has 0 heterocycles. The van der Waals surface area contributed by atoms with E-state index in [-0.39, 0.29) is 17.3 Å². The minimum atomic E-state index is -0.846. The van der Waals surface area contributed by atoms with Gasteiger partial charge in [-0.25, -0.2) is 9.18 Å². The number of fused-ring (bicyclic) bond motifs is 1. The Labute approximate surface area is 153 Å². The third kappa shape index (κ3) is 3.52. The number of carbonyl (C=O) groups excluding carboxylic acids is 1. The van der Waals surface area contributed by atoms with E-state index in [1.807, 2.05) is 58.0 Å². The van der Waals surface area contributed by atoms with Gasteiger partial charge in [0.1, 0.15) is 17.7 Å². The number of nitrogens with two attached hydrogens (primary N) is 1. The first-order valence-electron chi connectivity index (χ1n) is 8.73. The van der Waals surface area contributed by atoms with Crippen LogP contribution in [-0.4, -0.2) is 12.2 Å². The number of hydrogen-bond acceptors (Lipinski definition) is 3. The van der Waals surface area contributed by atoms with Gasteiger partial charge in [-0.05, 0) is 61.2 Å². The summed E-state index contributed by atoms with van der Waals surface area (Å²) in [5, 5.41) is 0. The first-order valence-corrected chi connectivity index (χ1v) is 8.73. The van der Waals surface area contributed by atoms with Crippen LogP contribution in [0.3, 0.4) is 0 Å². The van der Waals surface area contributed by atoms with Gasteiger partial charge in [-0.15, -0.1) is 0 Å². The first-order chi connectivity index (χ1) is 12.2. The van der Waals surface area contributed by atoms with Crippen molar-refractivity contribution in [2.45, 2.75) is 46.3 Å². The molecule has 0 saturated carbocycles. The van der Waals surface area contributed by atoms with Gasteiger partial charge in [0, 0.05) is 11.0 Å². The lowest BCUT2D eigenvalue weighted by atomic mass is 9.87. The fraction of sp³-hybridized carbons (Fsp3) is 0.381. The van der Waals surface area contributed by atoms with Crippen molar-refractivity contribution in [3.8, 4) is 16.9 Å². The molecule has 138 valence electrons. The van der Waals surface area contributed by atoms with E-state index in [1.165, 1.54) is 6.07 Å². The average molecular weight is 357 g/mol. The lowest BCUT2D eigenvalue weighted by Gasteiger charge is -2.26. The summed E-state index contributed by atoms with van der Waals surface area (Å²) in [6.07, 6.45) is -0.620. The van der Waals surface area contributed by atoms with E-state index in [1.54, 1.807) is 0 Å². The zero-order valence-corrected chi connectivity index (χ0v) is 15.5. The van der Waals surface area contributed by atoms with Crippen LogP contribution in [0.15, 0.2) is 36.4 Å². The van der Waals surface area contributed by atoms with Gasteiger partial charge in [-0.1, -0.05) is 26.0 Å². The van der Waals surface area contributed by atoms with Gasteiger partial charge in [0.05, 0.1) is 6.10 Å². The Morgan fingerprint density at radius 2 is 1.88 bits per heavy atom. The topological polar surface area (TPSA) is 61.6 Å². The summed E-state index contributed by atoms with van der Waals surface area (Å²) >= 11 is 0. The third-order valence-electron chi connectivity index (χ3n) is 4.64. The van der Waals surface area contributed by atoms with E-state index < -0.39 is 12.2 Å². The van der Waals surface area contributed by atoms with Gasteiger partial charge in [0.2, 0.25) is 0 Å². The number of primary amides is 1. The van der Waals surface area contributed by atoms with Crippen molar-refractivity contribution in [3.05, 3.63) is 53.3 Å². The van der Waals surface area contributed by atoms with Gasteiger partial charge in [-0.3, -0.25) is 0 Å². The van der Waals surface area contributed by atoms with Crippen LogP contribution in [-0.2, 0) is 11.2 Å². The quantitative estimate of drug-likeness (QED) is 0.838. The molecule has 5 heteroatoms. The minimum absolute atomic E-state index is 0.0852. The molecule has 1 aliphatic carbocycles. The van der Waals surface area contributed by atoms with Crippen molar-refractivity contribution in [1.29, 1.82) is 0 Å². The number of benzene rings is 2. The van der Waals surface area contributed by atoms with Crippen molar-refractivity contribution < 1.29 is 18.7 Å². The lowest BCUT2D eigenvalue weighted by Crippen LogP contribution is -2.25. The Morgan fingerprint density at radius 3 is 2.46 bits per heavy atom. The number of carbonyl (C=O) groups is 1. The number of amides is 1. The summed E-state index contributed by atoms with van der Waals surface area (Å²) < 4.78 is 25.7. The Hall–Kier alpha value is -2.56. The number of rotatable bonds is 4. The first kappa shape index (κ1) is 18.2. The molecule has 1 atom stereocenters. The third-order valence-corrected chi connectivity index (χ3v) is 4.64. The number of ether oxygens (including phenoxy) is 2. The molecule has 26 heavy (non-hydrogen) atoms. The maximum atomic E-state index is 14.8. The maximum Gasteiger partial charge on any atom is 0.405 e. The van der Waals surface area contributed by atoms with E-state index in [0.717, 1.165) is 16.9 Å². The van der Waals surface area contributed by atoms with E-state index in [4.69, 9.17) is 15.2 Å². The van der Waals surface area contributed by atoms with Crippen LogP contribution in [0.4, 0.5) is 9.18 Å². The molecule has 4 nitrogen and oxygen atoms in total. The van der Waals surface area contributed by atoms with Crippen LogP contribution in [0, 0.1) is 11.2 Å². The summed E-state index contributed by atoms with van der Waals surface area (Å²) in [5.41, 5.74) is 7.82. The van der Waals surface area contributed by atoms with Crippen LogP contribution in [0.5, 0.6) is 5.75 Å². The minimum Gasteiger partial charge on any atom is -0.491 e. The number of hydrogen-bond donors (Lipinski definition) is 1. The van der Waals surface area contributed by atoms with Crippen molar-refractivity contribution in [2.24, 2.45) is 11.1 Å². The van der Waals surface area contributed by atoms with Crippen LogP contribution < -0.4 is 10.5 Å². The highest BCUT2D eigenvalue weighted by Crippen LogP contribution is 2.48. The standard InChI is InChI=1S/C21H24FNO3/c1-12(2)25-15-7-5-13(6-8-15)16-9-14-11-21(3,4)19(26-20(23)24)17(14)10-18(16)22/h5-10,12,19H,11H2,1-4H3,(H2,23,24). The molecule has 0 aromatic heterocycles. The molecule has 0 aliphatic heterocycles. The summed E-state index contributed by atoms with van der Waals surface area (Å²) in [6.45, 7) is 7.88. The van der Waals surface area contributed by atoms with Crippen LogP contribution in [0.2, 0.25) is 0 Å². The van der Waals surface area contributed by atoms with Gasteiger partial charge in [-0.2, -0.15) is 0 Å². The zero-order chi connectivity index (χ0) is 19.1. The summed E-state index contributed by atoms with van der Waals surface area (Å²) in [6, 6.07) is 10.7. The largest absolute Gasteiger partial charge is 0.491 e. The lowest BCUT2D eigenvalue weighted by molar-refractivity contribution is 0.0391. The normalized spacial score (nSPS) is 17.8. The molecule has 3 rings (SSSR count). The van der Waals surface area contributed by atoms with Crippen LogP contribution >= 0.6 is 0 Å². The monoisotopic (exact) mass is 357 g/mol. The molecule has 2 aromatic carbocycles. The molecule has 2 aromatic rings. The molecule has 0 spiro atoms. The second-order valence-corrected chi connectivity index (χ2v) is 7.70. The highest BCUT2D eigenvalue weighted by Gasteiger charge is 2.42. The van der Waals surface area contributed by atoms with Crippen molar-refractivity contribution in [1.82, 2.24) is 0 Å². The molecular weight excluding hydrogens is 333 g/mol. The van der Waals surface area contributed by atoms with Crippen molar-refractivity contribution >= 4 is 6.09 Å². The second kappa shape index (κ2) is 6.63. The smallest absolute Gasteiger partial charge is 0.405 e. The Balaban J connectivity index is 1.96. The SMILES string of the molecule is CC(C)Oc1ccc(-c2cc3c(cc2F)C(OC(N)=O)C(C)(C)C3)cc1.